The summed E-state index contributed by atoms with van der Waals surface area (Å²) >= 11 is 0. The quantitative estimate of drug-likeness (QED) is 0.478. The Morgan fingerprint density at radius 1 is 1.10 bits per heavy atom. The van der Waals surface area contributed by atoms with Gasteiger partial charge in [-0.3, -0.25) is 4.79 Å². The van der Waals surface area contributed by atoms with Gasteiger partial charge in [0.2, 0.25) is 0 Å². The third-order valence-electron chi connectivity index (χ3n) is 5.37. The number of nitrogens with one attached hydrogen (secondary N) is 4. The molecule has 0 spiro atoms. The maximum Gasteiger partial charge on any atom is 0.315 e. The lowest BCUT2D eigenvalue weighted by molar-refractivity contribution is -0.111. The van der Waals surface area contributed by atoms with Crippen molar-refractivity contribution in [3.05, 3.63) is 59.9 Å². The summed E-state index contributed by atoms with van der Waals surface area (Å²) < 4.78 is 0. The summed E-state index contributed by atoms with van der Waals surface area (Å²) in [6.07, 6.45) is 8.10. The molecular formula is C24H25N5O2. The van der Waals surface area contributed by atoms with Crippen molar-refractivity contribution in [1.82, 2.24) is 20.6 Å². The molecule has 7 heteroatoms. The first-order chi connectivity index (χ1) is 15.2. The van der Waals surface area contributed by atoms with Gasteiger partial charge in [0, 0.05) is 42.5 Å². The van der Waals surface area contributed by atoms with E-state index >= 15 is 0 Å². The van der Waals surface area contributed by atoms with Crippen molar-refractivity contribution in [3.8, 4) is 11.8 Å². The molecule has 1 aliphatic carbocycles. The van der Waals surface area contributed by atoms with E-state index in [0.717, 1.165) is 35.0 Å². The molecule has 0 saturated heterocycles. The topological polar surface area (TPSA) is 98.9 Å². The highest BCUT2D eigenvalue weighted by Crippen LogP contribution is 2.23. The average molecular weight is 415 g/mol. The Hall–Kier alpha value is -3.79. The molecule has 0 aliphatic heterocycles. The lowest BCUT2D eigenvalue weighted by Crippen LogP contribution is -2.34. The Labute approximate surface area is 181 Å². The molecule has 2 aromatic heterocycles. The number of hydrogen-bond donors (Lipinski definition) is 4. The summed E-state index contributed by atoms with van der Waals surface area (Å²) in [5.74, 6) is 5.80. The number of carbonyl (C=O) groups excluding carboxylic acids is 2. The molecule has 2 heterocycles. The number of pyridine rings is 1. The van der Waals surface area contributed by atoms with Crippen molar-refractivity contribution in [1.29, 1.82) is 0 Å². The Morgan fingerprint density at radius 2 is 1.94 bits per heavy atom. The molecule has 1 aromatic carbocycles. The second-order valence-corrected chi connectivity index (χ2v) is 7.65. The minimum atomic E-state index is -0.303. The largest absolute Gasteiger partial charge is 0.346 e. The van der Waals surface area contributed by atoms with Crippen molar-refractivity contribution >= 4 is 28.7 Å². The van der Waals surface area contributed by atoms with Crippen molar-refractivity contribution < 1.29 is 9.59 Å². The fraction of sp³-hybridized carbons (Fsp3) is 0.292. The first kappa shape index (κ1) is 20.5. The number of hydrogen-bond acceptors (Lipinski definition) is 3. The number of nitrogens with zero attached hydrogens (tertiary/aromatic N) is 1. The van der Waals surface area contributed by atoms with Crippen LogP contribution in [0, 0.1) is 17.8 Å². The van der Waals surface area contributed by atoms with Crippen molar-refractivity contribution in [2.24, 2.45) is 5.92 Å². The maximum absolute atomic E-state index is 12.2. The second kappa shape index (κ2) is 9.81. The molecule has 4 N–H and O–H groups in total. The molecule has 3 aromatic rings. The SMILES string of the molecule is O=C(C#CC1CCCC1)Nc1cccc(CNC(=O)NCc2ccnc3[nH]ccc23)c1. The fourth-order valence-corrected chi connectivity index (χ4v) is 3.75. The average Bonchev–Trinajstić information content (AvgIpc) is 3.47. The zero-order chi connectivity index (χ0) is 21.5. The van der Waals surface area contributed by atoms with Crippen LogP contribution in [0.2, 0.25) is 0 Å². The number of fused-ring (bicyclic) bond motifs is 1. The Kier molecular flexibility index (Phi) is 6.48. The molecule has 0 bridgehead atoms. The minimum Gasteiger partial charge on any atom is -0.346 e. The van der Waals surface area contributed by atoms with Gasteiger partial charge in [0.05, 0.1) is 0 Å². The van der Waals surface area contributed by atoms with Crippen molar-refractivity contribution in [3.63, 3.8) is 0 Å². The summed E-state index contributed by atoms with van der Waals surface area (Å²) in [5, 5.41) is 9.49. The van der Waals surface area contributed by atoms with Gasteiger partial charge in [0.15, 0.2) is 0 Å². The molecule has 4 rings (SSSR count). The highest BCUT2D eigenvalue weighted by Gasteiger charge is 2.12. The molecule has 158 valence electrons. The summed E-state index contributed by atoms with van der Waals surface area (Å²) in [6, 6.07) is 10.9. The first-order valence-corrected chi connectivity index (χ1v) is 10.5. The van der Waals surface area contributed by atoms with Gasteiger partial charge in [-0.15, -0.1) is 0 Å². The third-order valence-corrected chi connectivity index (χ3v) is 5.37. The Balaban J connectivity index is 1.26. The van der Waals surface area contributed by atoms with E-state index in [1.165, 1.54) is 12.8 Å². The zero-order valence-electron chi connectivity index (χ0n) is 17.2. The van der Waals surface area contributed by atoms with Crippen LogP contribution < -0.4 is 16.0 Å². The van der Waals surface area contributed by atoms with E-state index in [0.29, 0.717) is 24.7 Å². The van der Waals surface area contributed by atoms with E-state index in [2.05, 4.69) is 37.8 Å². The lowest BCUT2D eigenvalue weighted by atomic mass is 10.1. The first-order valence-electron chi connectivity index (χ1n) is 10.5. The Bertz CT molecular complexity index is 1140. The highest BCUT2D eigenvalue weighted by atomic mass is 16.2. The summed E-state index contributed by atoms with van der Waals surface area (Å²) in [4.78, 5) is 31.6. The highest BCUT2D eigenvalue weighted by molar-refractivity contribution is 6.04. The van der Waals surface area contributed by atoms with Crippen LogP contribution in [0.15, 0.2) is 48.8 Å². The van der Waals surface area contributed by atoms with Crippen LogP contribution in [0.5, 0.6) is 0 Å². The van der Waals surface area contributed by atoms with Crippen LogP contribution >= 0.6 is 0 Å². The predicted molar refractivity (Wildman–Crippen MR) is 120 cm³/mol. The van der Waals surface area contributed by atoms with Gasteiger partial charge >= 0.3 is 6.03 Å². The van der Waals surface area contributed by atoms with Gasteiger partial charge in [0.25, 0.3) is 5.91 Å². The number of carbonyl (C=O) groups is 2. The van der Waals surface area contributed by atoms with Crippen LogP contribution in [0.3, 0.4) is 0 Å². The van der Waals surface area contributed by atoms with Crippen LogP contribution in [0.25, 0.3) is 11.0 Å². The standard InChI is InChI=1S/C24H25N5O2/c30-22(9-8-17-4-1-2-5-17)29-20-7-3-6-18(14-20)15-27-24(31)28-16-19-10-12-25-23-21(19)11-13-26-23/h3,6-7,10-14,17H,1-2,4-5,15-16H2,(H,25,26)(H,29,30)(H2,27,28,31). The summed E-state index contributed by atoms with van der Waals surface area (Å²) in [7, 11) is 0. The van der Waals surface area contributed by atoms with E-state index in [-0.39, 0.29) is 11.9 Å². The normalized spacial score (nSPS) is 13.4. The van der Waals surface area contributed by atoms with Crippen LogP contribution in [0.4, 0.5) is 10.5 Å². The van der Waals surface area contributed by atoms with E-state index in [1.54, 1.807) is 6.20 Å². The molecule has 1 aliphatic rings. The lowest BCUT2D eigenvalue weighted by Gasteiger charge is -2.09. The number of anilines is 1. The summed E-state index contributed by atoms with van der Waals surface area (Å²) in [6.45, 7) is 0.748. The molecule has 3 amide bonds. The van der Waals surface area contributed by atoms with E-state index in [1.807, 2.05) is 42.6 Å². The van der Waals surface area contributed by atoms with Crippen molar-refractivity contribution in [2.75, 3.05) is 5.32 Å². The molecule has 31 heavy (non-hydrogen) atoms. The number of aromatic amines is 1. The third kappa shape index (κ3) is 5.64. The fourth-order valence-electron chi connectivity index (χ4n) is 3.75. The number of aromatic nitrogens is 2. The van der Waals surface area contributed by atoms with Gasteiger partial charge < -0.3 is 20.9 Å². The smallest absolute Gasteiger partial charge is 0.315 e. The number of benzene rings is 1. The molecular weight excluding hydrogens is 390 g/mol. The van der Waals surface area contributed by atoms with Crippen LogP contribution in [-0.4, -0.2) is 21.9 Å². The van der Waals surface area contributed by atoms with Gasteiger partial charge in [-0.2, -0.15) is 0 Å². The van der Waals surface area contributed by atoms with E-state index in [4.69, 9.17) is 0 Å². The van der Waals surface area contributed by atoms with Gasteiger partial charge in [0.1, 0.15) is 5.65 Å². The van der Waals surface area contributed by atoms with Gasteiger partial charge in [-0.05, 0) is 54.2 Å². The molecule has 0 atom stereocenters. The van der Waals surface area contributed by atoms with Gasteiger partial charge in [-0.25, -0.2) is 9.78 Å². The maximum atomic E-state index is 12.2. The predicted octanol–water partition coefficient (Wildman–Crippen LogP) is 3.69. The molecule has 0 unspecified atom stereocenters. The summed E-state index contributed by atoms with van der Waals surface area (Å²) in [5.41, 5.74) is 3.34. The molecule has 1 fully saturated rings. The number of H-pyrrole nitrogens is 1. The molecule has 1 saturated carbocycles. The monoisotopic (exact) mass is 415 g/mol. The minimum absolute atomic E-state index is 0.266. The van der Waals surface area contributed by atoms with Crippen LogP contribution in [-0.2, 0) is 17.9 Å². The zero-order valence-corrected chi connectivity index (χ0v) is 17.2. The van der Waals surface area contributed by atoms with Gasteiger partial charge in [-0.1, -0.05) is 30.9 Å². The molecule has 0 radical (unpaired) electrons. The Morgan fingerprint density at radius 3 is 2.81 bits per heavy atom. The number of amides is 3. The molecule has 7 nitrogen and oxygen atoms in total. The van der Waals surface area contributed by atoms with E-state index < -0.39 is 0 Å². The number of rotatable bonds is 5. The van der Waals surface area contributed by atoms with E-state index in [9.17, 15) is 9.59 Å². The second-order valence-electron chi connectivity index (χ2n) is 7.65. The van der Waals surface area contributed by atoms with Crippen LogP contribution in [0.1, 0.15) is 36.8 Å². The van der Waals surface area contributed by atoms with Crippen molar-refractivity contribution in [2.45, 2.75) is 38.8 Å². The number of urea groups is 1.